The maximum Gasteiger partial charge on any atom is 0.188 e. The Kier molecular flexibility index (Phi) is 3.95. The summed E-state index contributed by atoms with van der Waals surface area (Å²) in [5.74, 6) is -0.111. The smallest absolute Gasteiger partial charge is 0.188 e. The Bertz CT molecular complexity index is 604. The van der Waals surface area contributed by atoms with Crippen molar-refractivity contribution >= 4 is 17.4 Å². The van der Waals surface area contributed by atoms with E-state index in [9.17, 15) is 4.79 Å². The molecule has 0 saturated heterocycles. The second kappa shape index (κ2) is 5.48. The summed E-state index contributed by atoms with van der Waals surface area (Å²) in [6, 6.07) is 0. The van der Waals surface area contributed by atoms with E-state index in [0.29, 0.717) is 16.4 Å². The van der Waals surface area contributed by atoms with Crippen molar-refractivity contribution in [2.24, 2.45) is 7.05 Å². The lowest BCUT2D eigenvalue weighted by molar-refractivity contribution is 0.0985. The summed E-state index contributed by atoms with van der Waals surface area (Å²) in [6.07, 6.45) is 3.99. The number of ketones is 1. The lowest BCUT2D eigenvalue weighted by Gasteiger charge is -2.02. The molecule has 0 aliphatic carbocycles. The van der Waals surface area contributed by atoms with Crippen LogP contribution in [0.15, 0.2) is 12.4 Å². The van der Waals surface area contributed by atoms with E-state index in [2.05, 4.69) is 15.1 Å². The van der Waals surface area contributed by atoms with Crippen LogP contribution in [0.5, 0.6) is 0 Å². The van der Waals surface area contributed by atoms with Crippen LogP contribution in [0.4, 0.5) is 0 Å². The SMILES string of the molecule is CCc1nn(C)c(CC(=O)c2cnc(C)cn2)c1Cl. The normalized spacial score (nSPS) is 10.7. The second-order valence-electron chi connectivity index (χ2n) is 4.33. The van der Waals surface area contributed by atoms with Gasteiger partial charge in [-0.3, -0.25) is 14.5 Å². The Balaban J connectivity index is 2.24. The zero-order chi connectivity index (χ0) is 14.0. The first-order valence-electron chi connectivity index (χ1n) is 6.05. The fraction of sp³-hybridized carbons (Fsp3) is 0.385. The molecule has 19 heavy (non-hydrogen) atoms. The Morgan fingerprint density at radius 2 is 2.11 bits per heavy atom. The maximum atomic E-state index is 12.1. The van der Waals surface area contributed by atoms with Crippen LogP contribution in [0.25, 0.3) is 0 Å². The molecule has 0 radical (unpaired) electrons. The predicted octanol–water partition coefficient (Wildman–Crippen LogP) is 2.16. The minimum atomic E-state index is -0.111. The van der Waals surface area contributed by atoms with Gasteiger partial charge in [-0.25, -0.2) is 4.98 Å². The minimum Gasteiger partial charge on any atom is -0.292 e. The molecular weight excluding hydrogens is 264 g/mol. The highest BCUT2D eigenvalue weighted by Crippen LogP contribution is 2.22. The molecule has 0 atom stereocenters. The van der Waals surface area contributed by atoms with Gasteiger partial charge in [-0.2, -0.15) is 5.10 Å². The van der Waals surface area contributed by atoms with Crippen molar-refractivity contribution in [3.8, 4) is 0 Å². The molecule has 0 unspecified atom stereocenters. The third-order valence-corrected chi connectivity index (χ3v) is 3.33. The van der Waals surface area contributed by atoms with E-state index in [4.69, 9.17) is 11.6 Å². The zero-order valence-electron chi connectivity index (χ0n) is 11.1. The van der Waals surface area contributed by atoms with Gasteiger partial charge in [-0.15, -0.1) is 0 Å². The van der Waals surface area contributed by atoms with E-state index in [1.165, 1.54) is 6.20 Å². The number of halogens is 1. The van der Waals surface area contributed by atoms with Crippen molar-refractivity contribution in [3.05, 3.63) is 40.2 Å². The van der Waals surface area contributed by atoms with E-state index >= 15 is 0 Å². The van der Waals surface area contributed by atoms with Crippen LogP contribution in [0.3, 0.4) is 0 Å². The first-order valence-corrected chi connectivity index (χ1v) is 6.42. The molecule has 2 heterocycles. The van der Waals surface area contributed by atoms with Crippen molar-refractivity contribution in [1.29, 1.82) is 0 Å². The van der Waals surface area contributed by atoms with E-state index in [-0.39, 0.29) is 12.2 Å². The predicted molar refractivity (Wildman–Crippen MR) is 72.4 cm³/mol. The molecular formula is C13H15ClN4O. The number of carbonyl (C=O) groups is 1. The summed E-state index contributed by atoms with van der Waals surface area (Å²) in [7, 11) is 1.79. The van der Waals surface area contributed by atoms with Crippen molar-refractivity contribution in [2.45, 2.75) is 26.7 Å². The molecule has 5 nitrogen and oxygen atoms in total. The minimum absolute atomic E-state index is 0.111. The van der Waals surface area contributed by atoms with Crippen LogP contribution in [0, 0.1) is 6.92 Å². The van der Waals surface area contributed by atoms with Crippen molar-refractivity contribution in [1.82, 2.24) is 19.7 Å². The molecule has 0 aliphatic heterocycles. The van der Waals surface area contributed by atoms with Gasteiger partial charge in [0.15, 0.2) is 5.78 Å². The highest BCUT2D eigenvalue weighted by Gasteiger charge is 2.17. The maximum absolute atomic E-state index is 12.1. The zero-order valence-corrected chi connectivity index (χ0v) is 11.9. The lowest BCUT2D eigenvalue weighted by Crippen LogP contribution is -2.10. The van der Waals surface area contributed by atoms with E-state index < -0.39 is 0 Å². The lowest BCUT2D eigenvalue weighted by atomic mass is 10.1. The van der Waals surface area contributed by atoms with Crippen LogP contribution in [-0.2, 0) is 19.9 Å². The molecule has 0 amide bonds. The third-order valence-electron chi connectivity index (χ3n) is 2.90. The summed E-state index contributed by atoms with van der Waals surface area (Å²) in [6.45, 7) is 3.80. The Morgan fingerprint density at radius 1 is 1.37 bits per heavy atom. The van der Waals surface area contributed by atoms with Crippen molar-refractivity contribution in [2.75, 3.05) is 0 Å². The molecule has 0 aliphatic rings. The fourth-order valence-electron chi connectivity index (χ4n) is 1.79. The topological polar surface area (TPSA) is 60.7 Å². The summed E-state index contributed by atoms with van der Waals surface area (Å²) < 4.78 is 1.65. The van der Waals surface area contributed by atoms with Crippen LogP contribution >= 0.6 is 11.6 Å². The Morgan fingerprint density at radius 3 is 2.63 bits per heavy atom. The highest BCUT2D eigenvalue weighted by atomic mass is 35.5. The summed E-state index contributed by atoms with van der Waals surface area (Å²) in [5.41, 5.74) is 2.65. The molecule has 0 aromatic carbocycles. The number of Topliss-reactive ketones (excluding diaryl/α,β-unsaturated/α-hetero) is 1. The molecule has 2 aromatic heterocycles. The van der Waals surface area contributed by atoms with Crippen LogP contribution in [0.1, 0.15) is 34.5 Å². The molecule has 100 valence electrons. The number of aryl methyl sites for hydroxylation is 3. The van der Waals surface area contributed by atoms with Gasteiger partial charge in [0.2, 0.25) is 0 Å². The quantitative estimate of drug-likeness (QED) is 0.804. The Labute approximate surface area is 116 Å². The van der Waals surface area contributed by atoms with Gasteiger partial charge in [0, 0.05) is 13.2 Å². The number of aromatic nitrogens is 4. The van der Waals surface area contributed by atoms with Gasteiger partial charge < -0.3 is 0 Å². The Hall–Kier alpha value is -1.75. The average Bonchev–Trinajstić information content (AvgIpc) is 2.67. The van der Waals surface area contributed by atoms with Crippen LogP contribution in [-0.4, -0.2) is 25.5 Å². The number of rotatable bonds is 4. The third kappa shape index (κ3) is 2.81. The van der Waals surface area contributed by atoms with Gasteiger partial charge in [0.1, 0.15) is 5.69 Å². The summed E-state index contributed by atoms with van der Waals surface area (Å²) in [5, 5.41) is 4.85. The highest BCUT2D eigenvalue weighted by molar-refractivity contribution is 6.32. The number of hydrogen-bond acceptors (Lipinski definition) is 4. The van der Waals surface area contributed by atoms with Gasteiger partial charge in [0.05, 0.1) is 34.7 Å². The molecule has 6 heteroatoms. The molecule has 2 rings (SSSR count). The van der Waals surface area contributed by atoms with Crippen LogP contribution in [0.2, 0.25) is 5.02 Å². The molecule has 0 N–H and O–H groups in total. The van der Waals surface area contributed by atoms with Gasteiger partial charge >= 0.3 is 0 Å². The molecule has 0 saturated carbocycles. The summed E-state index contributed by atoms with van der Waals surface area (Å²) in [4.78, 5) is 20.3. The number of hydrogen-bond donors (Lipinski definition) is 0. The van der Waals surface area contributed by atoms with Gasteiger partial charge in [-0.05, 0) is 13.3 Å². The van der Waals surface area contributed by atoms with Gasteiger partial charge in [-0.1, -0.05) is 18.5 Å². The van der Waals surface area contributed by atoms with E-state index in [1.54, 1.807) is 17.9 Å². The molecule has 0 spiro atoms. The number of carbonyl (C=O) groups excluding carboxylic acids is 1. The largest absolute Gasteiger partial charge is 0.292 e. The standard InChI is InChI=1S/C13H15ClN4O/c1-4-9-13(14)11(18(3)17-9)5-12(19)10-7-15-8(2)6-16-10/h6-7H,4-5H2,1-3H3. The second-order valence-corrected chi connectivity index (χ2v) is 4.71. The monoisotopic (exact) mass is 278 g/mol. The van der Waals surface area contributed by atoms with Crippen molar-refractivity contribution in [3.63, 3.8) is 0 Å². The van der Waals surface area contributed by atoms with Crippen molar-refractivity contribution < 1.29 is 4.79 Å². The van der Waals surface area contributed by atoms with Gasteiger partial charge in [0.25, 0.3) is 0 Å². The number of nitrogens with zero attached hydrogens (tertiary/aromatic N) is 4. The first kappa shape index (κ1) is 13.7. The van der Waals surface area contributed by atoms with Crippen LogP contribution < -0.4 is 0 Å². The molecule has 0 bridgehead atoms. The fourth-order valence-corrected chi connectivity index (χ4v) is 2.15. The van der Waals surface area contributed by atoms with E-state index in [1.807, 2.05) is 13.8 Å². The summed E-state index contributed by atoms with van der Waals surface area (Å²) >= 11 is 6.21. The first-order chi connectivity index (χ1) is 9.02. The molecule has 0 fully saturated rings. The molecule has 2 aromatic rings. The van der Waals surface area contributed by atoms with E-state index in [0.717, 1.165) is 17.8 Å². The average molecular weight is 279 g/mol.